The fourth-order valence-corrected chi connectivity index (χ4v) is 5.11. The molecule has 0 bridgehead atoms. The first-order chi connectivity index (χ1) is 10.7. The summed E-state index contributed by atoms with van der Waals surface area (Å²) in [6, 6.07) is 1.76. The molecule has 22 heavy (non-hydrogen) atoms. The molecule has 0 amide bonds. The first-order valence-corrected chi connectivity index (χ1v) is 9.28. The summed E-state index contributed by atoms with van der Waals surface area (Å²) >= 11 is 1.72. The molecule has 2 aromatic heterocycles. The van der Waals surface area contributed by atoms with E-state index in [-0.39, 0.29) is 5.56 Å². The van der Waals surface area contributed by atoms with Gasteiger partial charge in [0, 0.05) is 29.7 Å². The predicted molar refractivity (Wildman–Crippen MR) is 89.7 cm³/mol. The van der Waals surface area contributed by atoms with Crippen LogP contribution in [0, 0.1) is 5.92 Å². The van der Waals surface area contributed by atoms with Gasteiger partial charge in [-0.3, -0.25) is 14.1 Å². The SMILES string of the molecule is CC1CCCN(Cc2cc(=O)n3c4c(sc3n2)CCCC4)C1. The third kappa shape index (κ3) is 2.61. The Morgan fingerprint density at radius 2 is 2.18 bits per heavy atom. The molecule has 0 spiro atoms. The lowest BCUT2D eigenvalue weighted by Gasteiger charge is -2.30. The zero-order valence-electron chi connectivity index (χ0n) is 13.2. The molecule has 3 heterocycles. The highest BCUT2D eigenvalue weighted by atomic mass is 32.1. The smallest absolute Gasteiger partial charge is 0.259 e. The zero-order chi connectivity index (χ0) is 15.1. The topological polar surface area (TPSA) is 37.6 Å². The van der Waals surface area contributed by atoms with Crippen LogP contribution >= 0.6 is 11.3 Å². The van der Waals surface area contributed by atoms with Crippen molar-refractivity contribution in [2.45, 2.75) is 52.0 Å². The summed E-state index contributed by atoms with van der Waals surface area (Å²) in [4.78, 5) is 22.1. The number of thiazole rings is 1. The van der Waals surface area contributed by atoms with Crippen LogP contribution < -0.4 is 5.56 Å². The molecule has 4 nitrogen and oxygen atoms in total. The average Bonchev–Trinajstić information content (AvgIpc) is 2.85. The van der Waals surface area contributed by atoms with Crippen LogP contribution in [0.2, 0.25) is 0 Å². The third-order valence-corrected chi connectivity index (χ3v) is 6.08. The van der Waals surface area contributed by atoms with Crippen molar-refractivity contribution in [3.05, 3.63) is 32.7 Å². The van der Waals surface area contributed by atoms with Crippen molar-refractivity contribution in [2.75, 3.05) is 13.1 Å². The minimum Gasteiger partial charge on any atom is -0.297 e. The van der Waals surface area contributed by atoms with E-state index in [0.717, 1.165) is 49.0 Å². The average molecular weight is 317 g/mol. The predicted octanol–water partition coefficient (Wildman–Crippen LogP) is 2.87. The zero-order valence-corrected chi connectivity index (χ0v) is 14.0. The van der Waals surface area contributed by atoms with Crippen LogP contribution in [0.15, 0.2) is 10.9 Å². The normalized spacial score (nSPS) is 22.9. The minimum atomic E-state index is 0.115. The lowest BCUT2D eigenvalue weighted by Crippen LogP contribution is -2.34. The van der Waals surface area contributed by atoms with E-state index in [1.165, 1.54) is 36.3 Å². The molecule has 1 saturated heterocycles. The molecular formula is C17H23N3OS. The summed E-state index contributed by atoms with van der Waals surface area (Å²) in [6.45, 7) is 5.39. The summed E-state index contributed by atoms with van der Waals surface area (Å²) in [5.74, 6) is 0.757. The van der Waals surface area contributed by atoms with Gasteiger partial charge < -0.3 is 0 Å². The standard InChI is InChI=1S/C17H23N3OS/c1-12-5-4-8-19(10-12)11-13-9-16(21)20-14-6-2-3-7-15(14)22-17(20)18-13/h9,12H,2-8,10-11H2,1H3. The van der Waals surface area contributed by atoms with Gasteiger partial charge in [0.1, 0.15) is 0 Å². The van der Waals surface area contributed by atoms with Gasteiger partial charge >= 0.3 is 0 Å². The van der Waals surface area contributed by atoms with Crippen molar-refractivity contribution in [3.63, 3.8) is 0 Å². The van der Waals surface area contributed by atoms with Crippen LogP contribution in [0.25, 0.3) is 4.96 Å². The van der Waals surface area contributed by atoms with Crippen molar-refractivity contribution < 1.29 is 0 Å². The second kappa shape index (κ2) is 5.78. The maximum Gasteiger partial charge on any atom is 0.259 e. The van der Waals surface area contributed by atoms with Crippen molar-refractivity contribution in [3.8, 4) is 0 Å². The van der Waals surface area contributed by atoms with Crippen LogP contribution in [0.4, 0.5) is 0 Å². The maximum atomic E-state index is 12.5. The first-order valence-electron chi connectivity index (χ1n) is 8.46. The first kappa shape index (κ1) is 14.4. The Kier molecular flexibility index (Phi) is 3.78. The fourth-order valence-electron chi connectivity index (χ4n) is 3.88. The molecule has 2 aromatic rings. The monoisotopic (exact) mass is 317 g/mol. The van der Waals surface area contributed by atoms with Gasteiger partial charge in [-0.2, -0.15) is 0 Å². The molecule has 5 heteroatoms. The van der Waals surface area contributed by atoms with Gasteiger partial charge in [-0.1, -0.05) is 6.92 Å². The molecule has 1 aliphatic carbocycles. The summed E-state index contributed by atoms with van der Waals surface area (Å²) < 4.78 is 1.86. The van der Waals surface area contributed by atoms with Crippen molar-refractivity contribution in [1.29, 1.82) is 0 Å². The van der Waals surface area contributed by atoms with Crippen molar-refractivity contribution in [1.82, 2.24) is 14.3 Å². The largest absolute Gasteiger partial charge is 0.297 e. The number of piperidine rings is 1. The highest BCUT2D eigenvalue weighted by molar-refractivity contribution is 7.17. The Bertz CT molecular complexity index is 748. The second-order valence-corrected chi connectivity index (χ2v) is 7.93. The molecule has 1 aliphatic heterocycles. The van der Waals surface area contributed by atoms with E-state index in [0.29, 0.717) is 0 Å². The summed E-state index contributed by atoms with van der Waals surface area (Å²) in [5, 5.41) is 0. The molecule has 4 rings (SSSR count). The van der Waals surface area contributed by atoms with E-state index in [4.69, 9.17) is 4.98 Å². The Morgan fingerprint density at radius 1 is 1.32 bits per heavy atom. The summed E-state index contributed by atoms with van der Waals surface area (Å²) in [7, 11) is 0. The van der Waals surface area contributed by atoms with Gasteiger partial charge in [0.05, 0.1) is 5.69 Å². The van der Waals surface area contributed by atoms with Gasteiger partial charge in [-0.05, 0) is 51.0 Å². The number of likely N-dealkylation sites (tertiary alicyclic amines) is 1. The van der Waals surface area contributed by atoms with E-state index in [2.05, 4.69) is 11.8 Å². The summed E-state index contributed by atoms with van der Waals surface area (Å²) in [5.41, 5.74) is 2.28. The van der Waals surface area contributed by atoms with Crippen LogP contribution in [-0.4, -0.2) is 27.4 Å². The molecule has 1 unspecified atom stereocenters. The van der Waals surface area contributed by atoms with Gasteiger partial charge in [0.25, 0.3) is 5.56 Å². The molecule has 0 saturated carbocycles. The molecule has 2 aliphatic rings. The van der Waals surface area contributed by atoms with Crippen molar-refractivity contribution >= 4 is 16.3 Å². The minimum absolute atomic E-state index is 0.115. The van der Waals surface area contributed by atoms with E-state index < -0.39 is 0 Å². The van der Waals surface area contributed by atoms with Gasteiger partial charge in [-0.25, -0.2) is 4.98 Å². The van der Waals surface area contributed by atoms with Crippen LogP contribution in [-0.2, 0) is 19.4 Å². The van der Waals surface area contributed by atoms with Crippen LogP contribution in [0.5, 0.6) is 0 Å². The van der Waals surface area contributed by atoms with E-state index in [1.54, 1.807) is 17.4 Å². The molecule has 118 valence electrons. The Hall–Kier alpha value is -1.20. The Balaban J connectivity index is 1.67. The number of hydrogen-bond acceptors (Lipinski definition) is 4. The molecule has 0 aromatic carbocycles. The van der Waals surface area contributed by atoms with E-state index in [1.807, 2.05) is 4.40 Å². The highest BCUT2D eigenvalue weighted by Gasteiger charge is 2.20. The number of hydrogen-bond donors (Lipinski definition) is 0. The fraction of sp³-hybridized carbons (Fsp3) is 0.647. The number of fused-ring (bicyclic) bond motifs is 3. The molecule has 1 atom stereocenters. The number of nitrogens with zero attached hydrogens (tertiary/aromatic N) is 3. The maximum absolute atomic E-state index is 12.5. The lowest BCUT2D eigenvalue weighted by molar-refractivity contribution is 0.175. The number of aryl methyl sites for hydroxylation is 2. The van der Waals surface area contributed by atoms with Crippen LogP contribution in [0.1, 0.15) is 48.9 Å². The van der Waals surface area contributed by atoms with Gasteiger partial charge in [0.2, 0.25) is 0 Å². The Labute approximate surface area is 134 Å². The number of aromatic nitrogens is 2. The van der Waals surface area contributed by atoms with Crippen molar-refractivity contribution in [2.24, 2.45) is 5.92 Å². The number of rotatable bonds is 2. The third-order valence-electron chi connectivity index (χ3n) is 4.94. The van der Waals surface area contributed by atoms with Gasteiger partial charge in [-0.15, -0.1) is 11.3 Å². The quantitative estimate of drug-likeness (QED) is 0.855. The molecule has 0 radical (unpaired) electrons. The van der Waals surface area contributed by atoms with E-state index >= 15 is 0 Å². The highest BCUT2D eigenvalue weighted by Crippen LogP contribution is 2.28. The molecular weight excluding hydrogens is 294 g/mol. The van der Waals surface area contributed by atoms with Crippen LogP contribution in [0.3, 0.4) is 0 Å². The lowest BCUT2D eigenvalue weighted by atomic mass is 10.0. The second-order valence-electron chi connectivity index (χ2n) is 6.87. The molecule has 0 N–H and O–H groups in total. The van der Waals surface area contributed by atoms with Gasteiger partial charge in [0.15, 0.2) is 4.96 Å². The Morgan fingerprint density at radius 3 is 3.05 bits per heavy atom. The molecule has 1 fully saturated rings. The van der Waals surface area contributed by atoms with E-state index in [9.17, 15) is 4.79 Å². The summed E-state index contributed by atoms with van der Waals surface area (Å²) in [6.07, 6.45) is 7.16.